The number of hydrogen-bond donors (Lipinski definition) is 0. The molecule has 0 radical (unpaired) electrons. The molecule has 1 aliphatic heterocycles. The van der Waals surface area contributed by atoms with Gasteiger partial charge < -0.3 is 14.2 Å². The topological polar surface area (TPSA) is 27.7 Å². The van der Waals surface area contributed by atoms with Crippen LogP contribution in [0.5, 0.6) is 5.75 Å². The molecule has 248 valence electrons. The van der Waals surface area contributed by atoms with Crippen LogP contribution in [0.4, 0.5) is 30.7 Å². The van der Waals surface area contributed by atoms with E-state index in [9.17, 15) is 30.7 Å². The highest BCUT2D eigenvalue weighted by atomic mass is 19.3. The first-order chi connectivity index (χ1) is 22.0. The predicted octanol–water partition coefficient (Wildman–Crippen LogP) is 10.6. The summed E-state index contributed by atoms with van der Waals surface area (Å²) in [5.74, 6) is -6.24. The third kappa shape index (κ3) is 8.50. The number of unbranched alkanes of at least 4 members (excludes halogenated alkanes) is 2. The highest BCUT2D eigenvalue weighted by Crippen LogP contribution is 2.40. The molecule has 1 saturated heterocycles. The number of alkyl halides is 2. The summed E-state index contributed by atoms with van der Waals surface area (Å²) in [5.41, 5.74) is 0.0632. The van der Waals surface area contributed by atoms with E-state index < -0.39 is 40.9 Å². The van der Waals surface area contributed by atoms with Gasteiger partial charge in [-0.05, 0) is 85.6 Å². The van der Waals surface area contributed by atoms with Crippen LogP contribution in [0.1, 0.15) is 75.3 Å². The van der Waals surface area contributed by atoms with Gasteiger partial charge in [0.2, 0.25) is 0 Å². The number of rotatable bonds is 11. The SMILES string of the molecule is CCCCCC1COC(C2CCC(c3ccc(C=CC(F)(F)Oc4ccc(-c5cc(F)c(F)c(F)c5)c(F)c4)c(F)c3)CC2)OC1. The van der Waals surface area contributed by atoms with E-state index in [-0.39, 0.29) is 28.9 Å². The zero-order chi connectivity index (χ0) is 32.8. The van der Waals surface area contributed by atoms with Crippen LogP contribution in [-0.2, 0) is 9.47 Å². The second-order valence-corrected chi connectivity index (χ2v) is 12.2. The minimum atomic E-state index is -3.94. The van der Waals surface area contributed by atoms with Crippen LogP contribution in [-0.4, -0.2) is 25.6 Å². The summed E-state index contributed by atoms with van der Waals surface area (Å²) in [4.78, 5) is 0. The number of benzene rings is 3. The molecule has 1 aliphatic carbocycles. The van der Waals surface area contributed by atoms with E-state index in [1.165, 1.54) is 31.4 Å². The van der Waals surface area contributed by atoms with E-state index in [0.717, 1.165) is 69.1 Å². The molecule has 0 bridgehead atoms. The Labute approximate surface area is 264 Å². The van der Waals surface area contributed by atoms with Gasteiger partial charge in [0.1, 0.15) is 17.4 Å². The number of halogens is 7. The average molecular weight is 651 g/mol. The molecule has 3 aromatic rings. The molecular formula is C36H37F7O3. The predicted molar refractivity (Wildman–Crippen MR) is 161 cm³/mol. The maximum Gasteiger partial charge on any atom is 0.419 e. The van der Waals surface area contributed by atoms with Crippen molar-refractivity contribution < 1.29 is 44.9 Å². The summed E-state index contributed by atoms with van der Waals surface area (Å²) in [6.07, 6.45) is 5.29. The van der Waals surface area contributed by atoms with Crippen molar-refractivity contribution in [3.8, 4) is 16.9 Å². The number of ether oxygens (including phenoxy) is 3. The first-order valence-electron chi connectivity index (χ1n) is 15.8. The van der Waals surface area contributed by atoms with Gasteiger partial charge in [-0.25, -0.2) is 22.0 Å². The first kappa shape index (κ1) is 34.0. The molecule has 0 amide bonds. The van der Waals surface area contributed by atoms with Gasteiger partial charge >= 0.3 is 6.11 Å². The molecule has 46 heavy (non-hydrogen) atoms. The minimum absolute atomic E-state index is 0.0694. The minimum Gasteiger partial charge on any atom is -0.429 e. The van der Waals surface area contributed by atoms with Gasteiger partial charge in [-0.15, -0.1) is 0 Å². The van der Waals surface area contributed by atoms with Crippen molar-refractivity contribution in [1.82, 2.24) is 0 Å². The molecule has 0 N–H and O–H groups in total. The second-order valence-electron chi connectivity index (χ2n) is 12.2. The summed E-state index contributed by atoms with van der Waals surface area (Å²) in [6, 6.07) is 8.27. The van der Waals surface area contributed by atoms with Crippen LogP contribution in [0, 0.1) is 40.9 Å². The Bertz CT molecular complexity index is 1490. The monoisotopic (exact) mass is 650 g/mol. The van der Waals surface area contributed by atoms with Crippen molar-refractivity contribution in [3.05, 3.63) is 94.8 Å². The molecular weight excluding hydrogens is 613 g/mol. The fourth-order valence-corrected chi connectivity index (χ4v) is 6.22. The van der Waals surface area contributed by atoms with Gasteiger partial charge in [-0.2, -0.15) is 8.78 Å². The standard InChI is InChI=1S/C36H37F7O3/c1-2-3-4-5-22-20-44-35(45-21-22)25-9-6-23(7-10-25)26-11-8-24(30(37)16-26)14-15-36(42,43)46-28-12-13-29(31(38)19-28)27-17-32(39)34(41)33(40)18-27/h8,11-19,22-23,25,35H,2-7,9-10,20-21H2,1H3. The molecule has 0 spiro atoms. The lowest BCUT2D eigenvalue weighted by atomic mass is 9.78. The van der Waals surface area contributed by atoms with Crippen molar-refractivity contribution in [2.75, 3.05) is 13.2 Å². The van der Waals surface area contributed by atoms with Crippen LogP contribution in [0.25, 0.3) is 17.2 Å². The Morgan fingerprint density at radius 2 is 1.50 bits per heavy atom. The maximum atomic E-state index is 15.0. The highest BCUT2D eigenvalue weighted by Gasteiger charge is 2.33. The van der Waals surface area contributed by atoms with Gasteiger partial charge in [0.25, 0.3) is 0 Å². The first-order valence-corrected chi connectivity index (χ1v) is 15.8. The molecule has 0 unspecified atom stereocenters. The molecule has 2 fully saturated rings. The normalized spacial score (nSPS) is 22.3. The Morgan fingerprint density at radius 3 is 2.13 bits per heavy atom. The van der Waals surface area contributed by atoms with Crippen molar-refractivity contribution in [3.63, 3.8) is 0 Å². The van der Waals surface area contributed by atoms with Crippen LogP contribution >= 0.6 is 0 Å². The van der Waals surface area contributed by atoms with Crippen molar-refractivity contribution >= 4 is 6.08 Å². The van der Waals surface area contributed by atoms with Crippen LogP contribution in [0.15, 0.2) is 54.6 Å². The highest BCUT2D eigenvalue weighted by molar-refractivity contribution is 5.65. The number of hydrogen-bond acceptors (Lipinski definition) is 3. The Hall–Kier alpha value is -3.37. The molecule has 0 aromatic heterocycles. The Morgan fingerprint density at radius 1 is 0.804 bits per heavy atom. The molecule has 5 rings (SSSR count). The van der Waals surface area contributed by atoms with Crippen LogP contribution in [0.3, 0.4) is 0 Å². The molecule has 1 saturated carbocycles. The van der Waals surface area contributed by atoms with Gasteiger partial charge in [0.15, 0.2) is 23.7 Å². The molecule has 2 aliphatic rings. The van der Waals surface area contributed by atoms with E-state index in [4.69, 9.17) is 9.47 Å². The summed E-state index contributed by atoms with van der Waals surface area (Å²) >= 11 is 0. The zero-order valence-corrected chi connectivity index (χ0v) is 25.5. The maximum absolute atomic E-state index is 15.0. The summed E-state index contributed by atoms with van der Waals surface area (Å²) in [5, 5.41) is 0. The van der Waals surface area contributed by atoms with Crippen LogP contribution in [0.2, 0.25) is 0 Å². The van der Waals surface area contributed by atoms with Crippen molar-refractivity contribution in [2.24, 2.45) is 11.8 Å². The fraction of sp³-hybridized carbons (Fsp3) is 0.444. The smallest absolute Gasteiger partial charge is 0.419 e. The summed E-state index contributed by atoms with van der Waals surface area (Å²) in [7, 11) is 0. The summed E-state index contributed by atoms with van der Waals surface area (Å²) < 4.78 is 116. The van der Waals surface area contributed by atoms with E-state index in [1.54, 1.807) is 6.07 Å². The van der Waals surface area contributed by atoms with Crippen molar-refractivity contribution in [2.45, 2.75) is 76.6 Å². The van der Waals surface area contributed by atoms with Gasteiger partial charge in [0.05, 0.1) is 13.2 Å². The molecule has 3 aromatic carbocycles. The third-order valence-electron chi connectivity index (χ3n) is 8.81. The third-order valence-corrected chi connectivity index (χ3v) is 8.81. The van der Waals surface area contributed by atoms with Crippen LogP contribution < -0.4 is 4.74 Å². The van der Waals surface area contributed by atoms with E-state index in [0.29, 0.717) is 36.1 Å². The summed E-state index contributed by atoms with van der Waals surface area (Å²) in [6.45, 7) is 3.64. The van der Waals surface area contributed by atoms with E-state index in [1.807, 2.05) is 0 Å². The molecule has 3 nitrogen and oxygen atoms in total. The Balaban J connectivity index is 1.14. The van der Waals surface area contributed by atoms with E-state index in [2.05, 4.69) is 11.7 Å². The average Bonchev–Trinajstić information content (AvgIpc) is 3.03. The lowest BCUT2D eigenvalue weighted by molar-refractivity contribution is -0.229. The van der Waals surface area contributed by atoms with Gasteiger partial charge in [0, 0.05) is 35.1 Å². The van der Waals surface area contributed by atoms with E-state index >= 15 is 0 Å². The fourth-order valence-electron chi connectivity index (χ4n) is 6.22. The molecule has 0 atom stereocenters. The molecule has 1 heterocycles. The lowest BCUT2D eigenvalue weighted by Crippen LogP contribution is -2.38. The van der Waals surface area contributed by atoms with Gasteiger partial charge in [-0.1, -0.05) is 38.3 Å². The Kier molecular flexibility index (Phi) is 11.1. The van der Waals surface area contributed by atoms with Gasteiger partial charge in [-0.3, -0.25) is 0 Å². The quantitative estimate of drug-likeness (QED) is 0.117. The lowest BCUT2D eigenvalue weighted by Gasteiger charge is -2.37. The molecule has 10 heteroatoms. The second kappa shape index (κ2) is 15.0. The largest absolute Gasteiger partial charge is 0.429 e. The van der Waals surface area contributed by atoms with Crippen molar-refractivity contribution in [1.29, 1.82) is 0 Å². The zero-order valence-electron chi connectivity index (χ0n) is 25.5.